The first-order chi connectivity index (χ1) is 17.0. The van der Waals surface area contributed by atoms with Crippen LogP contribution < -0.4 is 19.8 Å². The molecule has 2 aromatic carbocycles. The summed E-state index contributed by atoms with van der Waals surface area (Å²) >= 11 is 1.22. The van der Waals surface area contributed by atoms with Crippen LogP contribution in [0.4, 0.5) is 10.8 Å². The Morgan fingerprint density at radius 2 is 1.89 bits per heavy atom. The summed E-state index contributed by atoms with van der Waals surface area (Å²) in [5.74, 6) is -0.278. The summed E-state index contributed by atoms with van der Waals surface area (Å²) in [6.45, 7) is -0.519. The summed E-state index contributed by atoms with van der Waals surface area (Å²) in [6, 6.07) is 14.1. The van der Waals surface area contributed by atoms with E-state index >= 15 is 0 Å². The van der Waals surface area contributed by atoms with E-state index in [2.05, 4.69) is 15.4 Å². The monoisotopic (exact) mass is 494 g/mol. The molecule has 0 fully saturated rings. The number of aromatic nitrogens is 1. The average Bonchev–Trinajstić information content (AvgIpc) is 3.35. The maximum atomic E-state index is 12.4. The largest absolute Gasteiger partial charge is 0.497 e. The van der Waals surface area contributed by atoms with Gasteiger partial charge in [-0.25, -0.2) is 14.8 Å². The molecule has 1 aliphatic rings. The molecule has 3 aromatic rings. The predicted molar refractivity (Wildman–Crippen MR) is 131 cm³/mol. The highest BCUT2D eigenvalue weighted by atomic mass is 32.1. The first-order valence-electron chi connectivity index (χ1n) is 10.6. The third-order valence-corrected chi connectivity index (χ3v) is 5.79. The lowest BCUT2D eigenvalue weighted by molar-refractivity contribution is -0.140. The van der Waals surface area contributed by atoms with Crippen LogP contribution in [0, 0.1) is 0 Å². The van der Waals surface area contributed by atoms with Crippen LogP contribution in [0.15, 0.2) is 59.0 Å². The van der Waals surface area contributed by atoms with E-state index in [0.29, 0.717) is 33.6 Å². The highest BCUT2D eigenvalue weighted by molar-refractivity contribution is 7.14. The van der Waals surface area contributed by atoms with E-state index < -0.39 is 18.5 Å². The Labute approximate surface area is 205 Å². The molecule has 0 radical (unpaired) electrons. The van der Waals surface area contributed by atoms with E-state index in [1.807, 2.05) is 6.07 Å². The number of nitrogens with zero attached hydrogens (tertiary/aromatic N) is 3. The Morgan fingerprint density at radius 3 is 2.63 bits per heavy atom. The number of ether oxygens (including phenoxy) is 3. The number of amides is 2. The van der Waals surface area contributed by atoms with Crippen molar-refractivity contribution in [3.8, 4) is 22.8 Å². The third kappa shape index (κ3) is 5.64. The number of hydrazone groups is 1. The minimum absolute atomic E-state index is 0.0721. The summed E-state index contributed by atoms with van der Waals surface area (Å²) in [4.78, 5) is 41.4. The molecule has 10 nitrogen and oxygen atoms in total. The van der Waals surface area contributed by atoms with Crippen molar-refractivity contribution < 1.29 is 28.6 Å². The Kier molecular flexibility index (Phi) is 7.36. The SMILES string of the molecule is COc1ccc(OC)c(-c2csc(NC(=O)COC(=O)C3=NN(c4ccccc4)C(=O)CC3)n2)c1. The number of hydrogen-bond donors (Lipinski definition) is 1. The minimum atomic E-state index is -0.755. The van der Waals surface area contributed by atoms with E-state index in [9.17, 15) is 14.4 Å². The second-order valence-electron chi connectivity index (χ2n) is 7.32. The van der Waals surface area contributed by atoms with Gasteiger partial charge >= 0.3 is 5.97 Å². The molecule has 0 unspecified atom stereocenters. The number of thiazole rings is 1. The summed E-state index contributed by atoms with van der Waals surface area (Å²) in [5.41, 5.74) is 1.93. The molecule has 1 aliphatic heterocycles. The van der Waals surface area contributed by atoms with Gasteiger partial charge in [0.05, 0.1) is 25.6 Å². The molecular weight excluding hydrogens is 472 g/mol. The zero-order valence-electron chi connectivity index (χ0n) is 19.0. The second kappa shape index (κ2) is 10.8. The Balaban J connectivity index is 1.37. The van der Waals surface area contributed by atoms with Crippen LogP contribution >= 0.6 is 11.3 Å². The summed E-state index contributed by atoms with van der Waals surface area (Å²) in [5, 5.41) is 10.0. The van der Waals surface area contributed by atoms with Gasteiger partial charge in [0.1, 0.15) is 17.2 Å². The lowest BCUT2D eigenvalue weighted by Gasteiger charge is -2.22. The van der Waals surface area contributed by atoms with Crippen molar-refractivity contribution in [3.05, 3.63) is 53.9 Å². The number of methoxy groups -OCH3 is 2. The average molecular weight is 495 g/mol. The van der Waals surface area contributed by atoms with Crippen LogP contribution in [0.25, 0.3) is 11.3 Å². The molecule has 1 aromatic heterocycles. The van der Waals surface area contributed by atoms with E-state index in [4.69, 9.17) is 14.2 Å². The van der Waals surface area contributed by atoms with Crippen LogP contribution in [0.2, 0.25) is 0 Å². The fourth-order valence-electron chi connectivity index (χ4n) is 3.31. The summed E-state index contributed by atoms with van der Waals surface area (Å²) in [7, 11) is 3.12. The number of benzene rings is 2. The summed E-state index contributed by atoms with van der Waals surface area (Å²) in [6.07, 6.45) is 0.255. The van der Waals surface area contributed by atoms with E-state index in [0.717, 1.165) is 0 Å². The van der Waals surface area contributed by atoms with Crippen molar-refractivity contribution in [2.24, 2.45) is 5.10 Å². The van der Waals surface area contributed by atoms with Gasteiger partial charge in [0.25, 0.3) is 5.91 Å². The van der Waals surface area contributed by atoms with Crippen molar-refractivity contribution in [2.45, 2.75) is 12.8 Å². The molecule has 0 spiro atoms. The minimum Gasteiger partial charge on any atom is -0.497 e. The molecule has 0 saturated heterocycles. The normalized spacial score (nSPS) is 13.1. The van der Waals surface area contributed by atoms with Crippen LogP contribution in [0.5, 0.6) is 11.5 Å². The number of anilines is 2. The smallest absolute Gasteiger partial charge is 0.355 e. The van der Waals surface area contributed by atoms with Gasteiger partial charge in [0.2, 0.25) is 5.91 Å². The fourth-order valence-corrected chi connectivity index (χ4v) is 4.04. The first-order valence-corrected chi connectivity index (χ1v) is 11.5. The van der Waals surface area contributed by atoms with Gasteiger partial charge in [-0.3, -0.25) is 14.9 Å². The molecule has 4 rings (SSSR count). The molecule has 0 saturated carbocycles. The Hall–Kier alpha value is -4.25. The van der Waals surface area contributed by atoms with Gasteiger partial charge in [-0.15, -0.1) is 11.3 Å². The van der Waals surface area contributed by atoms with E-state index in [1.165, 1.54) is 16.3 Å². The van der Waals surface area contributed by atoms with Crippen molar-refractivity contribution in [2.75, 3.05) is 31.2 Å². The van der Waals surface area contributed by atoms with Crippen molar-refractivity contribution >= 4 is 45.7 Å². The number of para-hydroxylation sites is 1. The van der Waals surface area contributed by atoms with E-state index in [1.54, 1.807) is 62.1 Å². The molecule has 1 N–H and O–H groups in total. The van der Waals surface area contributed by atoms with Gasteiger partial charge < -0.3 is 14.2 Å². The number of esters is 1. The van der Waals surface area contributed by atoms with Crippen molar-refractivity contribution in [1.82, 2.24) is 4.98 Å². The molecule has 2 heterocycles. The molecular formula is C24H22N4O6S. The molecule has 180 valence electrons. The fraction of sp³-hybridized carbons (Fsp3) is 0.208. The molecule has 0 aliphatic carbocycles. The zero-order valence-corrected chi connectivity index (χ0v) is 19.8. The van der Waals surface area contributed by atoms with Crippen LogP contribution in [-0.4, -0.2) is 49.3 Å². The maximum Gasteiger partial charge on any atom is 0.355 e. The summed E-state index contributed by atoms with van der Waals surface area (Å²) < 4.78 is 15.8. The number of carbonyl (C=O) groups is 3. The highest BCUT2D eigenvalue weighted by Crippen LogP contribution is 2.35. The molecule has 11 heteroatoms. The van der Waals surface area contributed by atoms with Crippen LogP contribution in [0.1, 0.15) is 12.8 Å². The molecule has 0 bridgehead atoms. The van der Waals surface area contributed by atoms with Gasteiger partial charge in [-0.05, 0) is 30.3 Å². The number of hydrogen-bond acceptors (Lipinski definition) is 9. The van der Waals surface area contributed by atoms with Crippen molar-refractivity contribution in [1.29, 1.82) is 0 Å². The van der Waals surface area contributed by atoms with Crippen LogP contribution in [0.3, 0.4) is 0 Å². The molecule has 0 atom stereocenters. The number of rotatable bonds is 8. The van der Waals surface area contributed by atoms with Crippen molar-refractivity contribution in [3.63, 3.8) is 0 Å². The zero-order chi connectivity index (χ0) is 24.8. The maximum absolute atomic E-state index is 12.4. The lowest BCUT2D eigenvalue weighted by Crippen LogP contribution is -2.35. The number of carbonyl (C=O) groups excluding carboxylic acids is 3. The van der Waals surface area contributed by atoms with Crippen LogP contribution in [-0.2, 0) is 19.1 Å². The standard InChI is InChI=1S/C24H22N4O6S/c1-32-16-8-10-20(33-2)17(12-16)19-14-35-24(25-19)26-21(29)13-34-23(31)18-9-11-22(30)28(27-18)15-6-4-3-5-7-15/h3-8,10,12,14H,9,11,13H2,1-2H3,(H,25,26,29). The Bertz CT molecular complexity index is 1270. The third-order valence-electron chi connectivity index (χ3n) is 5.04. The lowest BCUT2D eigenvalue weighted by atomic mass is 10.1. The van der Waals surface area contributed by atoms with Gasteiger partial charge in [0.15, 0.2) is 11.7 Å². The second-order valence-corrected chi connectivity index (χ2v) is 8.17. The molecule has 2 amide bonds. The molecule has 35 heavy (non-hydrogen) atoms. The van der Waals surface area contributed by atoms with E-state index in [-0.39, 0.29) is 24.5 Å². The van der Waals surface area contributed by atoms with Gasteiger partial charge in [0, 0.05) is 23.8 Å². The topological polar surface area (TPSA) is 119 Å². The van der Waals surface area contributed by atoms with Gasteiger partial charge in [-0.2, -0.15) is 5.10 Å². The highest BCUT2D eigenvalue weighted by Gasteiger charge is 2.27. The van der Waals surface area contributed by atoms with Gasteiger partial charge in [-0.1, -0.05) is 18.2 Å². The predicted octanol–water partition coefficient (Wildman–Crippen LogP) is 3.49. The number of nitrogens with one attached hydrogen (secondary N) is 1. The first kappa shape index (κ1) is 23.9. The quantitative estimate of drug-likeness (QED) is 0.476. The Morgan fingerprint density at radius 1 is 1.09 bits per heavy atom.